The van der Waals surface area contributed by atoms with Crippen LogP contribution in [0.4, 0.5) is 44.7 Å². The molecule has 25 nitrogen and oxygen atoms in total. The van der Waals surface area contributed by atoms with Crippen molar-refractivity contribution < 1.29 is 82.1 Å². The largest absolute Gasteiger partial charge is 0.505 e. The molecule has 0 aliphatic rings. The Morgan fingerprint density at radius 2 is 1.46 bits per heavy atom. The maximum Gasteiger partial charge on any atom is 0.315 e. The summed E-state index contributed by atoms with van der Waals surface area (Å²) < 4.78 is 123. The number of sulfone groups is 1. The summed E-state index contributed by atoms with van der Waals surface area (Å²) >= 11 is 0.380. The van der Waals surface area contributed by atoms with Crippen LogP contribution in [0.2, 0.25) is 0 Å². The summed E-state index contributed by atoms with van der Waals surface area (Å²) in [7, 11) is -13.9. The number of aromatic hydroxyl groups is 1. The molecule has 342 valence electrons. The third-order valence-corrected chi connectivity index (χ3v) is 12.8. The van der Waals surface area contributed by atoms with Gasteiger partial charge in [0, 0.05) is 27.7 Å². The van der Waals surface area contributed by atoms with Crippen molar-refractivity contribution in [2.75, 3.05) is 28.3 Å². The number of amides is 1. The number of phenolic OH excluding ortho intramolecular Hbond substituents is 1. The van der Waals surface area contributed by atoms with Crippen molar-refractivity contribution in [3.63, 3.8) is 0 Å². The second kappa shape index (κ2) is 20.9. The summed E-state index contributed by atoms with van der Waals surface area (Å²) in [4.78, 5) is 22.1. The number of carbonyl (C=O) groups excluding carboxylic acids is 1. The lowest BCUT2D eigenvalue weighted by Gasteiger charge is -2.15. The van der Waals surface area contributed by atoms with Crippen molar-refractivity contribution in [2.24, 2.45) is 10.2 Å². The van der Waals surface area contributed by atoms with Crippen LogP contribution < -0.4 is 16.0 Å². The average molecular weight is 999 g/mol. The summed E-state index contributed by atoms with van der Waals surface area (Å²) in [6.45, 7) is -0.322. The minimum Gasteiger partial charge on any atom is -0.505 e. The van der Waals surface area contributed by atoms with Crippen LogP contribution in [-0.4, -0.2) is 83.2 Å². The number of aromatic nitrogens is 3. The standard InChI is InChI=1S/C34H27FN8O17S5/c35-32-39-33(37-19-10-8-18(9-11-19)31(45)36-20-4-3-5-21(16-20)63(48,49)15-14-56-62-60-58-47)41-34(40-32)38-25-13-12-22-23(30(25)65(53,54)55)17-26(61-59-57-46)28(29(22)44)43-42-24-6-1-2-7-27(24)64(50,51)52/h1-13,16-17,44,46-47H,14-15H2,(H,36,45)(H,50,51,52)(H,53,54,55)(H2,37,38,39,40,41). The molecule has 0 saturated carbocycles. The Bertz CT molecular complexity index is 3120. The SMILES string of the molecule is O=C(Nc1cccc(S(=O)(=O)CCOSOOO)c1)c1ccc(Nc2nc(F)nc(Nc3ccc4c(O)c(N=Nc5ccccc5S(=O)(=O)O)c(SOOO)cc4c3S(=O)(=O)O)n2)cc1. The average Bonchev–Trinajstić information content (AvgIpc) is 3.24. The number of hydrogen-bond donors (Lipinski definition) is 8. The second-order valence-electron chi connectivity index (χ2n) is 12.4. The predicted molar refractivity (Wildman–Crippen MR) is 224 cm³/mol. The Kier molecular flexibility index (Phi) is 15.5. The molecule has 1 aromatic heterocycles. The molecule has 1 heterocycles. The van der Waals surface area contributed by atoms with Crippen LogP contribution in [0.5, 0.6) is 5.75 Å². The van der Waals surface area contributed by atoms with E-state index in [9.17, 15) is 48.7 Å². The van der Waals surface area contributed by atoms with Crippen LogP contribution in [-0.2, 0) is 53.0 Å². The highest BCUT2D eigenvalue weighted by atomic mass is 32.2. The third kappa shape index (κ3) is 12.4. The van der Waals surface area contributed by atoms with E-state index in [1.165, 1.54) is 66.7 Å². The summed E-state index contributed by atoms with van der Waals surface area (Å²) in [5, 5.41) is 49.8. The molecule has 1 amide bonds. The van der Waals surface area contributed by atoms with Crippen LogP contribution in [0.3, 0.4) is 0 Å². The van der Waals surface area contributed by atoms with E-state index in [2.05, 4.69) is 59.9 Å². The number of fused-ring (bicyclic) bond motifs is 1. The van der Waals surface area contributed by atoms with Gasteiger partial charge in [0.2, 0.25) is 11.9 Å². The van der Waals surface area contributed by atoms with Gasteiger partial charge in [-0.15, -0.1) is 18.9 Å². The Balaban J connectivity index is 1.23. The number of phenols is 1. The number of benzene rings is 5. The highest BCUT2D eigenvalue weighted by Crippen LogP contribution is 2.47. The number of nitrogens with one attached hydrogen (secondary N) is 3. The van der Waals surface area contributed by atoms with E-state index < -0.39 is 92.0 Å². The lowest BCUT2D eigenvalue weighted by molar-refractivity contribution is -0.434. The first-order valence-electron chi connectivity index (χ1n) is 17.3. The summed E-state index contributed by atoms with van der Waals surface area (Å²) in [5.74, 6) is -2.93. The monoisotopic (exact) mass is 998 g/mol. The smallest absolute Gasteiger partial charge is 0.315 e. The van der Waals surface area contributed by atoms with Gasteiger partial charge in [-0.1, -0.05) is 28.3 Å². The fourth-order valence-electron chi connectivity index (χ4n) is 5.56. The maximum absolute atomic E-state index is 14.8. The molecule has 5 aromatic carbocycles. The number of halogens is 1. The molecule has 0 aliphatic carbocycles. The van der Waals surface area contributed by atoms with Gasteiger partial charge < -0.3 is 21.1 Å². The Hall–Kier alpha value is -6.04. The summed E-state index contributed by atoms with van der Waals surface area (Å²) in [6, 6.07) is 18.9. The Labute approximate surface area is 373 Å². The zero-order valence-corrected chi connectivity index (χ0v) is 35.9. The lowest BCUT2D eigenvalue weighted by Crippen LogP contribution is -2.14. The Morgan fingerprint density at radius 3 is 2.15 bits per heavy atom. The minimum absolute atomic E-state index is 0.110. The number of anilines is 5. The van der Waals surface area contributed by atoms with Crippen LogP contribution in [0, 0.1) is 6.08 Å². The molecular formula is C34H27FN8O17S5. The zero-order chi connectivity index (χ0) is 46.9. The molecule has 0 aliphatic heterocycles. The van der Waals surface area contributed by atoms with E-state index in [4.69, 9.17) is 14.7 Å². The number of nitrogens with zero attached hydrogens (tertiary/aromatic N) is 5. The fraction of sp³-hybridized carbons (Fsp3) is 0.0588. The molecule has 6 aromatic rings. The van der Waals surface area contributed by atoms with Crippen molar-refractivity contribution >= 4 is 111 Å². The lowest BCUT2D eigenvalue weighted by atomic mass is 10.1. The molecule has 31 heteroatoms. The first-order chi connectivity index (χ1) is 30.9. The van der Waals surface area contributed by atoms with Gasteiger partial charge in [0.25, 0.3) is 26.1 Å². The first kappa shape index (κ1) is 48.4. The van der Waals surface area contributed by atoms with E-state index in [-0.39, 0.29) is 68.8 Å². The topological polar surface area (TPSA) is 366 Å². The van der Waals surface area contributed by atoms with Gasteiger partial charge in [-0.05, 0) is 72.8 Å². The molecular weight excluding hydrogens is 972 g/mol. The van der Waals surface area contributed by atoms with Gasteiger partial charge in [0.15, 0.2) is 27.9 Å². The van der Waals surface area contributed by atoms with Gasteiger partial charge in [-0.2, -0.15) is 36.2 Å². The van der Waals surface area contributed by atoms with Crippen LogP contribution in [0.1, 0.15) is 10.4 Å². The predicted octanol–water partition coefficient (Wildman–Crippen LogP) is 6.72. The van der Waals surface area contributed by atoms with Gasteiger partial charge in [0.1, 0.15) is 21.2 Å². The highest BCUT2D eigenvalue weighted by Gasteiger charge is 2.26. The number of hydrogen-bond acceptors (Lipinski definition) is 24. The molecule has 0 atom stereocenters. The number of azo groups is 1. The quantitative estimate of drug-likeness (QED) is 0.00982. The molecule has 0 bridgehead atoms. The van der Waals surface area contributed by atoms with Crippen molar-refractivity contribution in [3.8, 4) is 5.75 Å². The third-order valence-electron chi connectivity index (χ3n) is 8.25. The highest BCUT2D eigenvalue weighted by molar-refractivity contribution is 7.94. The van der Waals surface area contributed by atoms with Gasteiger partial charge in [-0.3, -0.25) is 18.1 Å². The molecule has 6 rings (SSSR count). The van der Waals surface area contributed by atoms with Crippen LogP contribution >= 0.6 is 24.4 Å². The van der Waals surface area contributed by atoms with E-state index in [1.807, 2.05) is 0 Å². The van der Waals surface area contributed by atoms with Crippen molar-refractivity contribution in [2.45, 2.75) is 19.6 Å². The number of rotatable bonds is 20. The molecule has 0 spiro atoms. The molecule has 8 N–H and O–H groups in total. The van der Waals surface area contributed by atoms with E-state index in [0.717, 1.165) is 24.3 Å². The number of carbonyl (C=O) groups is 1. The van der Waals surface area contributed by atoms with Crippen molar-refractivity contribution in [1.82, 2.24) is 15.0 Å². The minimum atomic E-state index is -5.25. The van der Waals surface area contributed by atoms with Crippen LogP contribution in [0.25, 0.3) is 10.8 Å². The molecule has 0 fully saturated rings. The van der Waals surface area contributed by atoms with Crippen molar-refractivity contribution in [3.05, 3.63) is 103 Å². The normalized spacial score (nSPS) is 12.1. The molecule has 0 unspecified atom stereocenters. The molecule has 0 radical (unpaired) electrons. The molecule has 0 saturated heterocycles. The van der Waals surface area contributed by atoms with E-state index >= 15 is 0 Å². The summed E-state index contributed by atoms with van der Waals surface area (Å²) in [5.41, 5.74) is -0.854. The van der Waals surface area contributed by atoms with Crippen molar-refractivity contribution in [1.29, 1.82) is 0 Å². The molecule has 65 heavy (non-hydrogen) atoms. The van der Waals surface area contributed by atoms with Gasteiger partial charge in [-0.25, -0.2) is 18.9 Å². The summed E-state index contributed by atoms with van der Waals surface area (Å²) in [6.07, 6.45) is -1.36. The second-order valence-corrected chi connectivity index (χ2v) is 18.5. The van der Waals surface area contributed by atoms with E-state index in [0.29, 0.717) is 0 Å². The maximum atomic E-state index is 14.8. The van der Waals surface area contributed by atoms with Gasteiger partial charge >= 0.3 is 6.08 Å². The zero-order valence-electron chi connectivity index (χ0n) is 31.9. The fourth-order valence-corrected chi connectivity index (χ4v) is 8.96. The first-order valence-corrected chi connectivity index (χ1v) is 23.2. The van der Waals surface area contributed by atoms with E-state index in [1.54, 1.807) is 0 Å². The van der Waals surface area contributed by atoms with Gasteiger partial charge in [0.05, 0.1) is 39.9 Å². The van der Waals surface area contributed by atoms with Crippen LogP contribution in [0.15, 0.2) is 121 Å². The Morgan fingerprint density at radius 1 is 0.754 bits per heavy atom.